The van der Waals surface area contributed by atoms with E-state index in [9.17, 15) is 4.79 Å². The zero-order chi connectivity index (χ0) is 11.8. The van der Waals surface area contributed by atoms with Crippen molar-refractivity contribution in [1.82, 2.24) is 0 Å². The van der Waals surface area contributed by atoms with Gasteiger partial charge in [-0.05, 0) is 18.1 Å². The number of hydrogen-bond acceptors (Lipinski definition) is 3. The molecule has 84 valence electrons. The third kappa shape index (κ3) is 3.74. The van der Waals surface area contributed by atoms with E-state index in [2.05, 4.69) is 6.92 Å². The minimum absolute atomic E-state index is 0.0290. The van der Waals surface area contributed by atoms with Gasteiger partial charge in [0.2, 0.25) is 0 Å². The lowest BCUT2D eigenvalue weighted by Crippen LogP contribution is -2.06. The summed E-state index contributed by atoms with van der Waals surface area (Å²) in [5, 5.41) is 8.32. The Morgan fingerprint density at radius 1 is 1.44 bits per heavy atom. The van der Waals surface area contributed by atoms with Crippen molar-refractivity contribution in [3.05, 3.63) is 29.8 Å². The molecular formula is C13H15NO2. The largest absolute Gasteiger partial charge is 0.493 e. The van der Waals surface area contributed by atoms with Crippen molar-refractivity contribution < 1.29 is 9.53 Å². The van der Waals surface area contributed by atoms with Crippen molar-refractivity contribution in [2.75, 3.05) is 6.61 Å². The Morgan fingerprint density at radius 3 is 2.88 bits per heavy atom. The summed E-state index contributed by atoms with van der Waals surface area (Å²) in [7, 11) is 0. The molecule has 0 saturated heterocycles. The molecule has 0 fully saturated rings. The molecule has 0 N–H and O–H groups in total. The van der Waals surface area contributed by atoms with Gasteiger partial charge in [0, 0.05) is 6.42 Å². The lowest BCUT2D eigenvalue weighted by Gasteiger charge is -2.09. The van der Waals surface area contributed by atoms with E-state index in [4.69, 9.17) is 10.00 Å². The minimum Gasteiger partial charge on any atom is -0.493 e. The minimum atomic E-state index is -0.0727. The highest BCUT2D eigenvalue weighted by atomic mass is 16.5. The van der Waals surface area contributed by atoms with Crippen molar-refractivity contribution in [3.8, 4) is 11.8 Å². The topological polar surface area (TPSA) is 50.1 Å². The molecule has 0 spiro atoms. The summed E-state index contributed by atoms with van der Waals surface area (Å²) < 4.78 is 5.51. The van der Waals surface area contributed by atoms with E-state index in [1.807, 2.05) is 30.3 Å². The smallest absolute Gasteiger partial charge is 0.150 e. The van der Waals surface area contributed by atoms with Gasteiger partial charge in [0.1, 0.15) is 11.5 Å². The van der Waals surface area contributed by atoms with Crippen LogP contribution in [0.15, 0.2) is 24.3 Å². The maximum absolute atomic E-state index is 11.1. The second-order valence-electron chi connectivity index (χ2n) is 3.43. The molecule has 0 saturated carbocycles. The first-order chi connectivity index (χ1) is 7.77. The Balaban J connectivity index is 2.43. The Morgan fingerprint density at radius 2 is 2.19 bits per heavy atom. The average molecular weight is 217 g/mol. The van der Waals surface area contributed by atoms with Crippen LogP contribution in [0.1, 0.15) is 25.3 Å². The maximum atomic E-state index is 11.1. The molecular weight excluding hydrogens is 202 g/mol. The first kappa shape index (κ1) is 12.3. The molecule has 0 aromatic heterocycles. The highest BCUT2D eigenvalue weighted by Crippen LogP contribution is 2.18. The number of aryl methyl sites for hydroxylation is 1. The van der Waals surface area contributed by atoms with Crippen LogP contribution in [-0.2, 0) is 11.2 Å². The Kier molecular flexibility index (Phi) is 5.07. The van der Waals surface area contributed by atoms with E-state index < -0.39 is 0 Å². The zero-order valence-electron chi connectivity index (χ0n) is 9.40. The SMILES string of the molecule is CCc1ccccc1OCCC(=O)CC#N. The number of rotatable bonds is 6. The van der Waals surface area contributed by atoms with Crippen LogP contribution in [0.5, 0.6) is 5.75 Å². The van der Waals surface area contributed by atoms with E-state index in [1.54, 1.807) is 0 Å². The fraction of sp³-hybridized carbons (Fsp3) is 0.385. The van der Waals surface area contributed by atoms with Gasteiger partial charge in [0.05, 0.1) is 19.1 Å². The number of hydrogen-bond donors (Lipinski definition) is 0. The van der Waals surface area contributed by atoms with Crippen LogP contribution >= 0.6 is 0 Å². The van der Waals surface area contributed by atoms with Crippen molar-refractivity contribution in [1.29, 1.82) is 5.26 Å². The second kappa shape index (κ2) is 6.62. The molecule has 0 atom stereocenters. The number of para-hydroxylation sites is 1. The quantitative estimate of drug-likeness (QED) is 0.735. The van der Waals surface area contributed by atoms with Crippen LogP contribution in [0.2, 0.25) is 0 Å². The van der Waals surface area contributed by atoms with E-state index in [0.717, 1.165) is 17.7 Å². The van der Waals surface area contributed by atoms with Crippen molar-refractivity contribution in [3.63, 3.8) is 0 Å². The number of nitriles is 1. The fourth-order valence-electron chi connectivity index (χ4n) is 1.39. The van der Waals surface area contributed by atoms with Crippen LogP contribution in [0.3, 0.4) is 0 Å². The summed E-state index contributed by atoms with van der Waals surface area (Å²) in [5.74, 6) is 0.756. The first-order valence-corrected chi connectivity index (χ1v) is 5.37. The highest BCUT2D eigenvalue weighted by Gasteiger charge is 2.03. The van der Waals surface area contributed by atoms with Gasteiger partial charge in [0.15, 0.2) is 0 Å². The molecule has 0 aliphatic heterocycles. The molecule has 0 radical (unpaired) electrons. The number of ether oxygens (including phenoxy) is 1. The normalized spacial score (nSPS) is 9.50. The molecule has 3 heteroatoms. The van der Waals surface area contributed by atoms with Crippen molar-refractivity contribution >= 4 is 5.78 Å². The van der Waals surface area contributed by atoms with E-state index in [-0.39, 0.29) is 12.2 Å². The predicted molar refractivity (Wildman–Crippen MR) is 61.2 cm³/mol. The van der Waals surface area contributed by atoms with Crippen molar-refractivity contribution in [2.45, 2.75) is 26.2 Å². The third-order valence-electron chi connectivity index (χ3n) is 2.27. The zero-order valence-corrected chi connectivity index (χ0v) is 9.40. The fourth-order valence-corrected chi connectivity index (χ4v) is 1.39. The van der Waals surface area contributed by atoms with Crippen molar-refractivity contribution in [2.24, 2.45) is 0 Å². The summed E-state index contributed by atoms with van der Waals surface area (Å²) >= 11 is 0. The number of ketones is 1. The summed E-state index contributed by atoms with van der Waals surface area (Å²) in [6.45, 7) is 2.40. The molecule has 0 aliphatic rings. The molecule has 0 amide bonds. The van der Waals surface area contributed by atoms with E-state index in [0.29, 0.717) is 13.0 Å². The Bertz CT molecular complexity index is 393. The van der Waals surface area contributed by atoms with Crippen LogP contribution in [0, 0.1) is 11.3 Å². The maximum Gasteiger partial charge on any atom is 0.150 e. The number of carbonyl (C=O) groups excluding carboxylic acids is 1. The van der Waals surface area contributed by atoms with E-state index in [1.165, 1.54) is 0 Å². The third-order valence-corrected chi connectivity index (χ3v) is 2.27. The molecule has 1 aromatic carbocycles. The van der Waals surface area contributed by atoms with Gasteiger partial charge in [-0.3, -0.25) is 4.79 Å². The van der Waals surface area contributed by atoms with Gasteiger partial charge in [0.25, 0.3) is 0 Å². The lowest BCUT2D eigenvalue weighted by molar-refractivity contribution is -0.118. The van der Waals surface area contributed by atoms with Gasteiger partial charge in [-0.1, -0.05) is 25.1 Å². The second-order valence-corrected chi connectivity index (χ2v) is 3.43. The summed E-state index contributed by atoms with van der Waals surface area (Å²) in [6.07, 6.45) is 1.17. The molecule has 0 unspecified atom stereocenters. The van der Waals surface area contributed by atoms with Crippen LogP contribution in [0.4, 0.5) is 0 Å². The summed E-state index contributed by atoms with van der Waals surface area (Å²) in [6, 6.07) is 9.61. The molecule has 1 rings (SSSR count). The molecule has 0 bridgehead atoms. The van der Waals surface area contributed by atoms with Gasteiger partial charge in [-0.15, -0.1) is 0 Å². The molecule has 0 aliphatic carbocycles. The van der Waals surface area contributed by atoms with Crippen LogP contribution in [-0.4, -0.2) is 12.4 Å². The summed E-state index contributed by atoms with van der Waals surface area (Å²) in [4.78, 5) is 11.1. The molecule has 16 heavy (non-hydrogen) atoms. The summed E-state index contributed by atoms with van der Waals surface area (Å²) in [5.41, 5.74) is 1.13. The van der Waals surface area contributed by atoms with Gasteiger partial charge in [-0.25, -0.2) is 0 Å². The van der Waals surface area contributed by atoms with Gasteiger partial charge in [-0.2, -0.15) is 5.26 Å². The lowest BCUT2D eigenvalue weighted by atomic mass is 10.1. The van der Waals surface area contributed by atoms with Gasteiger partial charge >= 0.3 is 0 Å². The number of carbonyl (C=O) groups is 1. The molecule has 0 heterocycles. The predicted octanol–water partition coefficient (Wildman–Crippen LogP) is 2.50. The molecule has 1 aromatic rings. The van der Waals surface area contributed by atoms with E-state index >= 15 is 0 Å². The van der Waals surface area contributed by atoms with Gasteiger partial charge < -0.3 is 4.74 Å². The number of Topliss-reactive ketones (excluding diaryl/α,β-unsaturated/α-hetero) is 1. The Hall–Kier alpha value is -1.82. The Labute approximate surface area is 95.7 Å². The average Bonchev–Trinajstić information content (AvgIpc) is 2.30. The van der Waals surface area contributed by atoms with Crippen LogP contribution < -0.4 is 4.74 Å². The number of benzene rings is 1. The monoisotopic (exact) mass is 217 g/mol. The number of nitrogens with zero attached hydrogens (tertiary/aromatic N) is 1. The first-order valence-electron chi connectivity index (χ1n) is 5.37. The standard InChI is InChI=1S/C13H15NO2/c1-2-11-5-3-4-6-13(11)16-10-8-12(15)7-9-14/h3-6H,2,7-8,10H2,1H3. The molecule has 3 nitrogen and oxygen atoms in total. The highest BCUT2D eigenvalue weighted by molar-refractivity contribution is 5.80. The van der Waals surface area contributed by atoms with Crippen LogP contribution in [0.25, 0.3) is 0 Å².